The smallest absolute Gasteiger partial charge is 0.317 e. The van der Waals surface area contributed by atoms with Crippen LogP contribution in [0.4, 0.5) is 4.79 Å². The first-order chi connectivity index (χ1) is 9.84. The number of carbonyl (C=O) groups excluding carboxylic acids is 1. The quantitative estimate of drug-likeness (QED) is 0.749. The van der Waals surface area contributed by atoms with Crippen LogP contribution in [0, 0.1) is 5.41 Å². The molecule has 2 atom stereocenters. The molecule has 1 heterocycles. The molecule has 6 nitrogen and oxygen atoms in total. The number of urea groups is 1. The first kappa shape index (κ1) is 17.8. The SMILES string of the molecule is CCN1CCCC1CN(C)C(=O)NCC(C)(CC)C(=O)O. The Morgan fingerprint density at radius 2 is 2.10 bits per heavy atom. The Balaban J connectivity index is 2.46. The summed E-state index contributed by atoms with van der Waals surface area (Å²) in [5.74, 6) is -0.874. The fourth-order valence-corrected chi connectivity index (χ4v) is 2.67. The van der Waals surface area contributed by atoms with Crippen LogP contribution in [0.3, 0.4) is 0 Å². The van der Waals surface area contributed by atoms with Gasteiger partial charge < -0.3 is 15.3 Å². The lowest BCUT2D eigenvalue weighted by atomic mass is 9.88. The lowest BCUT2D eigenvalue weighted by Crippen LogP contribution is -2.48. The van der Waals surface area contributed by atoms with Crippen LogP contribution in [-0.4, -0.2) is 66.2 Å². The summed E-state index contributed by atoms with van der Waals surface area (Å²) in [4.78, 5) is 27.4. The Bertz CT molecular complexity index is 375. The number of hydrogen-bond donors (Lipinski definition) is 2. The highest BCUT2D eigenvalue weighted by Gasteiger charge is 2.32. The molecule has 0 saturated carbocycles. The molecule has 1 aliphatic rings. The van der Waals surface area contributed by atoms with E-state index in [-0.39, 0.29) is 12.6 Å². The van der Waals surface area contributed by atoms with E-state index < -0.39 is 11.4 Å². The van der Waals surface area contributed by atoms with Gasteiger partial charge in [-0.15, -0.1) is 0 Å². The van der Waals surface area contributed by atoms with Crippen molar-refractivity contribution in [2.24, 2.45) is 5.41 Å². The molecular weight excluding hydrogens is 270 g/mol. The Morgan fingerprint density at radius 1 is 1.43 bits per heavy atom. The maximum absolute atomic E-state index is 12.1. The van der Waals surface area contributed by atoms with Gasteiger partial charge in [0.2, 0.25) is 0 Å². The predicted octanol–water partition coefficient (Wildman–Crippen LogP) is 1.61. The van der Waals surface area contributed by atoms with E-state index in [9.17, 15) is 14.7 Å². The van der Waals surface area contributed by atoms with Gasteiger partial charge in [-0.1, -0.05) is 13.8 Å². The Kier molecular flexibility index (Phi) is 6.45. The first-order valence-electron chi connectivity index (χ1n) is 7.80. The number of carbonyl (C=O) groups is 2. The molecule has 0 spiro atoms. The zero-order chi connectivity index (χ0) is 16.0. The normalized spacial score (nSPS) is 21.8. The highest BCUT2D eigenvalue weighted by molar-refractivity contribution is 5.77. The van der Waals surface area contributed by atoms with Crippen molar-refractivity contribution < 1.29 is 14.7 Å². The number of carboxylic acids is 1. The Labute approximate surface area is 127 Å². The highest BCUT2D eigenvalue weighted by Crippen LogP contribution is 2.20. The van der Waals surface area contributed by atoms with Crippen LogP contribution in [0.15, 0.2) is 0 Å². The molecule has 0 radical (unpaired) electrons. The van der Waals surface area contributed by atoms with E-state index in [4.69, 9.17) is 0 Å². The van der Waals surface area contributed by atoms with Crippen molar-refractivity contribution in [2.75, 3.05) is 33.2 Å². The van der Waals surface area contributed by atoms with Crippen LogP contribution in [-0.2, 0) is 4.79 Å². The van der Waals surface area contributed by atoms with Crippen molar-refractivity contribution in [2.45, 2.75) is 46.1 Å². The van der Waals surface area contributed by atoms with E-state index in [0.717, 1.165) is 19.5 Å². The lowest BCUT2D eigenvalue weighted by molar-refractivity contribution is -0.147. The van der Waals surface area contributed by atoms with Crippen LogP contribution in [0.25, 0.3) is 0 Å². The molecule has 0 aliphatic carbocycles. The maximum atomic E-state index is 12.1. The maximum Gasteiger partial charge on any atom is 0.317 e. The minimum Gasteiger partial charge on any atom is -0.481 e. The average molecular weight is 299 g/mol. The molecule has 0 aromatic rings. The summed E-state index contributed by atoms with van der Waals surface area (Å²) in [6.45, 7) is 8.57. The third-order valence-electron chi connectivity index (χ3n) is 4.66. The monoisotopic (exact) mass is 299 g/mol. The molecule has 1 saturated heterocycles. The number of likely N-dealkylation sites (tertiary alicyclic amines) is 1. The molecule has 1 rings (SSSR count). The topological polar surface area (TPSA) is 72.9 Å². The number of carboxylic acid groups (broad SMARTS) is 1. The largest absolute Gasteiger partial charge is 0.481 e. The number of amides is 2. The zero-order valence-corrected chi connectivity index (χ0v) is 13.7. The molecule has 122 valence electrons. The van der Waals surface area contributed by atoms with Gasteiger partial charge in [-0.25, -0.2) is 4.79 Å². The Morgan fingerprint density at radius 3 is 2.62 bits per heavy atom. The van der Waals surface area contributed by atoms with Gasteiger partial charge in [0.15, 0.2) is 0 Å². The third-order valence-corrected chi connectivity index (χ3v) is 4.66. The van der Waals surface area contributed by atoms with Gasteiger partial charge in [0.25, 0.3) is 0 Å². The van der Waals surface area contributed by atoms with Gasteiger partial charge >= 0.3 is 12.0 Å². The molecule has 2 N–H and O–H groups in total. The lowest BCUT2D eigenvalue weighted by Gasteiger charge is -2.29. The van der Waals surface area contributed by atoms with E-state index in [1.807, 2.05) is 6.92 Å². The van der Waals surface area contributed by atoms with Crippen LogP contribution in [0.5, 0.6) is 0 Å². The molecule has 2 unspecified atom stereocenters. The van der Waals surface area contributed by atoms with Gasteiger partial charge in [-0.2, -0.15) is 0 Å². The summed E-state index contributed by atoms with van der Waals surface area (Å²) in [5.41, 5.74) is -0.903. The number of rotatable bonds is 7. The second kappa shape index (κ2) is 7.64. The minimum absolute atomic E-state index is 0.157. The van der Waals surface area contributed by atoms with E-state index in [0.29, 0.717) is 19.0 Å². The predicted molar refractivity (Wildman–Crippen MR) is 82.3 cm³/mol. The van der Waals surface area contributed by atoms with Gasteiger partial charge in [-0.05, 0) is 39.3 Å². The van der Waals surface area contributed by atoms with Gasteiger partial charge in [0.05, 0.1) is 5.41 Å². The molecular formula is C15H29N3O3. The summed E-state index contributed by atoms with van der Waals surface area (Å²) in [5, 5.41) is 12.0. The molecule has 1 aliphatic heterocycles. The minimum atomic E-state index is -0.903. The number of aliphatic carboxylic acids is 1. The summed E-state index contributed by atoms with van der Waals surface area (Å²) >= 11 is 0. The summed E-state index contributed by atoms with van der Waals surface area (Å²) in [6, 6.07) is 0.224. The summed E-state index contributed by atoms with van der Waals surface area (Å²) < 4.78 is 0. The number of nitrogens with one attached hydrogen (secondary N) is 1. The van der Waals surface area contributed by atoms with Gasteiger partial charge in [-0.3, -0.25) is 9.69 Å². The van der Waals surface area contributed by atoms with E-state index in [1.54, 1.807) is 18.9 Å². The van der Waals surface area contributed by atoms with E-state index >= 15 is 0 Å². The van der Waals surface area contributed by atoms with Crippen molar-refractivity contribution in [3.63, 3.8) is 0 Å². The summed E-state index contributed by atoms with van der Waals surface area (Å²) in [7, 11) is 1.77. The molecule has 0 aromatic carbocycles. The van der Waals surface area contributed by atoms with Crippen molar-refractivity contribution in [3.05, 3.63) is 0 Å². The third kappa shape index (κ3) is 4.59. The van der Waals surface area contributed by atoms with Gasteiger partial charge in [0.1, 0.15) is 0 Å². The average Bonchev–Trinajstić information content (AvgIpc) is 2.91. The summed E-state index contributed by atoms with van der Waals surface area (Å²) in [6.07, 6.45) is 2.78. The van der Waals surface area contributed by atoms with Crippen molar-refractivity contribution in [1.29, 1.82) is 0 Å². The van der Waals surface area contributed by atoms with Crippen LogP contribution < -0.4 is 5.32 Å². The molecule has 0 aromatic heterocycles. The van der Waals surface area contributed by atoms with Crippen LogP contribution in [0.2, 0.25) is 0 Å². The number of likely N-dealkylation sites (N-methyl/N-ethyl adjacent to an activating group) is 2. The molecule has 1 fully saturated rings. The van der Waals surface area contributed by atoms with Gasteiger partial charge in [0, 0.05) is 26.2 Å². The fraction of sp³-hybridized carbons (Fsp3) is 0.867. The molecule has 21 heavy (non-hydrogen) atoms. The zero-order valence-electron chi connectivity index (χ0n) is 13.7. The van der Waals surface area contributed by atoms with Crippen molar-refractivity contribution in [1.82, 2.24) is 15.1 Å². The fourth-order valence-electron chi connectivity index (χ4n) is 2.67. The van der Waals surface area contributed by atoms with Crippen LogP contribution in [0.1, 0.15) is 40.0 Å². The second-order valence-electron chi connectivity index (χ2n) is 6.18. The number of nitrogens with zero attached hydrogens (tertiary/aromatic N) is 2. The molecule has 6 heteroatoms. The Hall–Kier alpha value is -1.30. The molecule has 0 bridgehead atoms. The van der Waals surface area contributed by atoms with Crippen molar-refractivity contribution >= 4 is 12.0 Å². The molecule has 2 amide bonds. The van der Waals surface area contributed by atoms with E-state index in [1.165, 1.54) is 6.42 Å². The first-order valence-corrected chi connectivity index (χ1v) is 7.80. The van der Waals surface area contributed by atoms with E-state index in [2.05, 4.69) is 17.1 Å². The standard InChI is InChI=1S/C15H29N3O3/c1-5-15(3,13(19)20)11-16-14(21)17(4)10-12-8-7-9-18(12)6-2/h12H,5-11H2,1-4H3,(H,16,21)(H,19,20). The highest BCUT2D eigenvalue weighted by atomic mass is 16.4. The van der Waals surface area contributed by atoms with Crippen LogP contribution >= 0.6 is 0 Å². The second-order valence-corrected chi connectivity index (χ2v) is 6.18. The number of hydrogen-bond acceptors (Lipinski definition) is 3. The van der Waals surface area contributed by atoms with Crippen molar-refractivity contribution in [3.8, 4) is 0 Å².